The number of nitrogens with one attached hydrogen (secondary N) is 1. The van der Waals surface area contributed by atoms with Gasteiger partial charge in [-0.15, -0.1) is 0 Å². The smallest absolute Gasteiger partial charge is 0.338 e. The Hall–Kier alpha value is -4.78. The van der Waals surface area contributed by atoms with Gasteiger partial charge in [0.25, 0.3) is 5.91 Å². The molecule has 0 bridgehead atoms. The molecule has 7 heteroatoms. The zero-order chi connectivity index (χ0) is 27.6. The van der Waals surface area contributed by atoms with Gasteiger partial charge in [0.15, 0.2) is 6.61 Å². The summed E-state index contributed by atoms with van der Waals surface area (Å²) in [6.07, 6.45) is 2.13. The first-order valence-corrected chi connectivity index (χ1v) is 13.5. The Morgan fingerprint density at radius 3 is 2.38 bits per heavy atom. The lowest BCUT2D eigenvalue weighted by Gasteiger charge is -2.28. The van der Waals surface area contributed by atoms with Crippen molar-refractivity contribution < 1.29 is 23.9 Å². The van der Waals surface area contributed by atoms with Gasteiger partial charge in [0, 0.05) is 11.1 Å². The summed E-state index contributed by atoms with van der Waals surface area (Å²) in [6, 6.07) is 29.6. The van der Waals surface area contributed by atoms with E-state index in [1.807, 2.05) is 54.6 Å². The molecule has 2 fully saturated rings. The third kappa shape index (κ3) is 4.86. The molecule has 40 heavy (non-hydrogen) atoms. The van der Waals surface area contributed by atoms with Crippen LogP contribution >= 0.6 is 0 Å². The number of carbonyl (C=O) groups excluding carboxylic acids is 4. The molecular formula is C33H28N2O5. The fourth-order valence-electron chi connectivity index (χ4n) is 5.97. The zero-order valence-corrected chi connectivity index (χ0v) is 21.8. The molecule has 3 atom stereocenters. The van der Waals surface area contributed by atoms with Crippen LogP contribution < -0.4 is 10.2 Å². The Balaban J connectivity index is 1.12. The van der Waals surface area contributed by atoms with Gasteiger partial charge in [-0.3, -0.25) is 19.3 Å². The van der Waals surface area contributed by atoms with Gasteiger partial charge >= 0.3 is 5.97 Å². The first-order valence-electron chi connectivity index (χ1n) is 13.5. The highest BCUT2D eigenvalue weighted by atomic mass is 16.5. The Kier molecular flexibility index (Phi) is 6.86. The number of anilines is 2. The second kappa shape index (κ2) is 10.8. The molecule has 1 saturated heterocycles. The number of hydrogen-bond acceptors (Lipinski definition) is 5. The van der Waals surface area contributed by atoms with Crippen LogP contribution in [0, 0.1) is 11.8 Å². The number of imide groups is 1. The Bertz CT molecular complexity index is 1610. The molecule has 4 aromatic carbocycles. The van der Waals surface area contributed by atoms with Crippen LogP contribution in [0.5, 0.6) is 0 Å². The van der Waals surface area contributed by atoms with Crippen LogP contribution in [0.15, 0.2) is 97.1 Å². The van der Waals surface area contributed by atoms with Crippen LogP contribution in [0.3, 0.4) is 0 Å². The van der Waals surface area contributed by atoms with Crippen molar-refractivity contribution in [1.82, 2.24) is 0 Å². The van der Waals surface area contributed by atoms with E-state index < -0.39 is 18.5 Å². The highest BCUT2D eigenvalue weighted by Crippen LogP contribution is 2.45. The summed E-state index contributed by atoms with van der Waals surface area (Å²) < 4.78 is 5.26. The van der Waals surface area contributed by atoms with Crippen LogP contribution in [-0.2, 0) is 19.1 Å². The van der Waals surface area contributed by atoms with Crippen LogP contribution in [-0.4, -0.2) is 30.3 Å². The number of rotatable bonds is 6. The maximum Gasteiger partial charge on any atom is 0.338 e. The number of esters is 1. The molecule has 0 aromatic heterocycles. The lowest BCUT2D eigenvalue weighted by molar-refractivity contribution is -0.122. The first-order chi connectivity index (χ1) is 19.5. The number of amides is 3. The Labute approximate surface area is 231 Å². The molecule has 1 N–H and O–H groups in total. The molecule has 200 valence electrons. The summed E-state index contributed by atoms with van der Waals surface area (Å²) in [6.45, 7) is -0.473. The van der Waals surface area contributed by atoms with Gasteiger partial charge in [0.1, 0.15) is 0 Å². The minimum atomic E-state index is -0.712. The predicted molar refractivity (Wildman–Crippen MR) is 152 cm³/mol. The van der Waals surface area contributed by atoms with Crippen LogP contribution in [0.4, 0.5) is 11.4 Å². The van der Waals surface area contributed by atoms with Crippen molar-refractivity contribution in [3.63, 3.8) is 0 Å². The maximum atomic E-state index is 13.4. The molecule has 0 unspecified atom stereocenters. The summed E-state index contributed by atoms with van der Waals surface area (Å²) in [5, 5.41) is 4.65. The van der Waals surface area contributed by atoms with Crippen molar-refractivity contribution in [2.75, 3.05) is 16.8 Å². The van der Waals surface area contributed by atoms with E-state index in [0.29, 0.717) is 24.2 Å². The van der Waals surface area contributed by atoms with Gasteiger partial charge in [-0.2, -0.15) is 0 Å². The van der Waals surface area contributed by atoms with E-state index in [1.54, 1.807) is 18.2 Å². The lowest BCUT2D eigenvalue weighted by atomic mass is 9.73. The minimum Gasteiger partial charge on any atom is -0.452 e. The van der Waals surface area contributed by atoms with Gasteiger partial charge < -0.3 is 10.1 Å². The number of benzene rings is 4. The van der Waals surface area contributed by atoms with Gasteiger partial charge in [-0.1, -0.05) is 72.8 Å². The maximum absolute atomic E-state index is 13.4. The molecule has 1 aliphatic heterocycles. The second-order valence-electron chi connectivity index (χ2n) is 10.3. The van der Waals surface area contributed by atoms with E-state index in [-0.39, 0.29) is 35.1 Å². The molecule has 2 aliphatic rings. The minimum absolute atomic E-state index is 0.160. The third-order valence-corrected chi connectivity index (χ3v) is 7.93. The van der Waals surface area contributed by atoms with Crippen molar-refractivity contribution in [3.05, 3.63) is 108 Å². The molecule has 1 saturated carbocycles. The third-order valence-electron chi connectivity index (χ3n) is 7.93. The van der Waals surface area contributed by atoms with Crippen LogP contribution in [0.25, 0.3) is 10.8 Å². The van der Waals surface area contributed by atoms with E-state index >= 15 is 0 Å². The SMILES string of the molecule is O=C(COC(=O)c1cccc(N2C(=O)[C@H]3C[C@H](c4ccccc4)CC[C@H]3C2=O)c1)Nc1cccc2ccccc12. The fourth-order valence-corrected chi connectivity index (χ4v) is 5.97. The molecule has 4 aromatic rings. The predicted octanol–water partition coefficient (Wildman–Crippen LogP) is 5.71. The summed E-state index contributed by atoms with van der Waals surface area (Å²) >= 11 is 0. The van der Waals surface area contributed by atoms with E-state index in [1.165, 1.54) is 22.6 Å². The largest absolute Gasteiger partial charge is 0.452 e. The van der Waals surface area contributed by atoms with Gasteiger partial charge in [0.05, 0.1) is 23.1 Å². The van der Waals surface area contributed by atoms with Crippen LogP contribution in [0.2, 0.25) is 0 Å². The van der Waals surface area contributed by atoms with E-state index in [9.17, 15) is 19.2 Å². The monoisotopic (exact) mass is 532 g/mol. The summed E-state index contributed by atoms with van der Waals surface area (Å²) in [7, 11) is 0. The highest BCUT2D eigenvalue weighted by molar-refractivity contribution is 6.22. The second-order valence-corrected chi connectivity index (χ2v) is 10.3. The number of nitrogens with zero attached hydrogens (tertiary/aromatic N) is 1. The van der Waals surface area contributed by atoms with E-state index in [4.69, 9.17) is 4.74 Å². The summed E-state index contributed by atoms with van der Waals surface area (Å²) in [4.78, 5) is 53.3. The average Bonchev–Trinajstić information content (AvgIpc) is 3.25. The number of ether oxygens (including phenoxy) is 1. The van der Waals surface area contributed by atoms with E-state index in [2.05, 4.69) is 17.4 Å². The number of fused-ring (bicyclic) bond motifs is 2. The van der Waals surface area contributed by atoms with Crippen molar-refractivity contribution >= 4 is 45.8 Å². The Morgan fingerprint density at radius 1 is 0.800 bits per heavy atom. The normalized spacial score (nSPS) is 20.3. The molecule has 7 nitrogen and oxygen atoms in total. The summed E-state index contributed by atoms with van der Waals surface area (Å²) in [5.74, 6) is -2.11. The van der Waals surface area contributed by atoms with Crippen molar-refractivity contribution in [2.45, 2.75) is 25.2 Å². The van der Waals surface area contributed by atoms with Crippen LogP contribution in [0.1, 0.15) is 41.1 Å². The molecule has 0 spiro atoms. The molecule has 0 radical (unpaired) electrons. The standard InChI is InChI=1S/C33H28N2O5/c36-30(34-29-15-7-11-22-10-4-5-14-26(22)29)20-40-33(39)24-12-6-13-25(18-24)35-31(37)27-17-16-23(19-28(27)32(35)38)21-8-2-1-3-9-21/h1-15,18,23,27-28H,16-17,19-20H2,(H,34,36)/t23-,27-,28+/m1/s1. The van der Waals surface area contributed by atoms with E-state index in [0.717, 1.165) is 17.2 Å². The van der Waals surface area contributed by atoms with Gasteiger partial charge in [0.2, 0.25) is 11.8 Å². The molecule has 3 amide bonds. The summed E-state index contributed by atoms with van der Waals surface area (Å²) in [5.41, 5.74) is 2.32. The van der Waals surface area contributed by atoms with Gasteiger partial charge in [-0.05, 0) is 60.4 Å². The lowest BCUT2D eigenvalue weighted by Crippen LogP contribution is -2.31. The van der Waals surface area contributed by atoms with Crippen molar-refractivity contribution in [2.24, 2.45) is 11.8 Å². The van der Waals surface area contributed by atoms with Gasteiger partial charge in [-0.25, -0.2) is 4.79 Å². The van der Waals surface area contributed by atoms with Crippen molar-refractivity contribution in [1.29, 1.82) is 0 Å². The average molecular weight is 533 g/mol. The quantitative estimate of drug-likeness (QED) is 0.254. The first kappa shape index (κ1) is 25.5. The molecule has 6 rings (SSSR count). The zero-order valence-electron chi connectivity index (χ0n) is 21.8. The number of hydrogen-bond donors (Lipinski definition) is 1. The molecule has 1 aliphatic carbocycles. The highest BCUT2D eigenvalue weighted by Gasteiger charge is 2.50. The molecular weight excluding hydrogens is 504 g/mol. The Morgan fingerprint density at radius 2 is 1.52 bits per heavy atom. The van der Waals surface area contributed by atoms with Crippen molar-refractivity contribution in [3.8, 4) is 0 Å². The fraction of sp³-hybridized carbons (Fsp3) is 0.212. The topological polar surface area (TPSA) is 92.8 Å². The number of carbonyl (C=O) groups is 4. The molecule has 1 heterocycles.